The fraction of sp³-hybridized carbons (Fsp3) is 0.174. The monoisotopic (exact) mass is 453 g/mol. The Morgan fingerprint density at radius 2 is 1.88 bits per heavy atom. The molecule has 0 saturated heterocycles. The molecular weight excluding hydrogens is 433 g/mol. The maximum atomic E-state index is 13.4. The van der Waals surface area contributed by atoms with Gasteiger partial charge in [0, 0.05) is 17.5 Å². The van der Waals surface area contributed by atoms with Gasteiger partial charge in [-0.05, 0) is 68.7 Å². The zero-order valence-corrected chi connectivity index (χ0v) is 18.7. The van der Waals surface area contributed by atoms with Crippen LogP contribution in [0.4, 0.5) is 10.1 Å². The maximum absolute atomic E-state index is 13.4. The average Bonchev–Trinajstić information content (AvgIpc) is 2.71. The Kier molecular flexibility index (Phi) is 6.55. The third-order valence-electron chi connectivity index (χ3n) is 4.52. The number of nitrogens with one attached hydrogen (secondary N) is 1. The van der Waals surface area contributed by atoms with E-state index >= 15 is 0 Å². The lowest BCUT2D eigenvalue weighted by atomic mass is 10.1. The average molecular weight is 453 g/mol. The summed E-state index contributed by atoms with van der Waals surface area (Å²) in [6.07, 6.45) is 1.08. The first-order valence-electron chi connectivity index (χ1n) is 9.45. The van der Waals surface area contributed by atoms with Crippen molar-refractivity contribution in [3.63, 3.8) is 0 Å². The second-order valence-electron chi connectivity index (χ2n) is 6.99. The van der Waals surface area contributed by atoms with E-state index in [2.05, 4.69) is 27.4 Å². The first-order chi connectivity index (χ1) is 15.1. The lowest BCUT2D eigenvalue weighted by Crippen LogP contribution is -2.17. The first-order valence-corrected chi connectivity index (χ1v) is 11.3. The van der Waals surface area contributed by atoms with Gasteiger partial charge in [0.2, 0.25) is 0 Å². The minimum Gasteiger partial charge on any atom is -0.437 e. The summed E-state index contributed by atoms with van der Waals surface area (Å²) in [5.74, 6) is 4.71. The quantitative estimate of drug-likeness (QED) is 0.585. The number of rotatable bonds is 5. The molecular formula is C23H20FN3O4S. The van der Waals surface area contributed by atoms with Crippen LogP contribution in [0.2, 0.25) is 0 Å². The number of carbonyl (C=O) groups is 1. The largest absolute Gasteiger partial charge is 0.437 e. The molecule has 1 amide bonds. The number of aromatic nitrogens is 2. The van der Waals surface area contributed by atoms with Gasteiger partial charge in [0.15, 0.2) is 9.84 Å². The highest BCUT2D eigenvalue weighted by atomic mass is 32.2. The van der Waals surface area contributed by atoms with E-state index in [9.17, 15) is 17.6 Å². The number of hydrogen-bond donors (Lipinski definition) is 1. The van der Waals surface area contributed by atoms with Crippen molar-refractivity contribution in [3.05, 3.63) is 70.7 Å². The molecule has 1 aromatic heterocycles. The Labute approximate surface area is 185 Å². The second kappa shape index (κ2) is 9.16. The van der Waals surface area contributed by atoms with Gasteiger partial charge in [-0.3, -0.25) is 4.79 Å². The highest BCUT2D eigenvalue weighted by Crippen LogP contribution is 2.29. The van der Waals surface area contributed by atoms with Gasteiger partial charge in [0.1, 0.15) is 22.8 Å². The molecule has 0 radical (unpaired) electrons. The molecule has 0 unspecified atom stereocenters. The smallest absolute Gasteiger partial charge is 0.261 e. The number of nitrogens with zero attached hydrogens (tertiary/aromatic N) is 2. The van der Waals surface area contributed by atoms with E-state index in [-0.39, 0.29) is 22.0 Å². The number of hydrogen-bond acceptors (Lipinski definition) is 6. The van der Waals surface area contributed by atoms with E-state index in [1.54, 1.807) is 26.8 Å². The summed E-state index contributed by atoms with van der Waals surface area (Å²) < 4.78 is 42.9. The molecule has 3 aromatic rings. The van der Waals surface area contributed by atoms with Crippen LogP contribution in [-0.4, -0.2) is 30.8 Å². The van der Waals surface area contributed by atoms with E-state index in [1.807, 2.05) is 0 Å². The summed E-state index contributed by atoms with van der Waals surface area (Å²) in [5, 5.41) is 10.7. The molecule has 0 saturated carbocycles. The van der Waals surface area contributed by atoms with Crippen molar-refractivity contribution in [2.75, 3.05) is 11.6 Å². The highest BCUT2D eigenvalue weighted by Gasteiger charge is 2.22. The zero-order chi connectivity index (χ0) is 23.5. The molecule has 2 aromatic carbocycles. The van der Waals surface area contributed by atoms with Crippen molar-refractivity contribution in [2.45, 2.75) is 25.7 Å². The van der Waals surface area contributed by atoms with Gasteiger partial charge in [-0.1, -0.05) is 12.0 Å². The lowest BCUT2D eigenvalue weighted by Gasteiger charge is -2.14. The number of halogens is 1. The minimum atomic E-state index is -3.45. The Morgan fingerprint density at radius 1 is 1.12 bits per heavy atom. The number of sulfone groups is 1. The molecule has 0 fully saturated rings. The maximum Gasteiger partial charge on any atom is 0.261 e. The van der Waals surface area contributed by atoms with E-state index in [0.29, 0.717) is 22.6 Å². The molecule has 1 N–H and O–H groups in total. The van der Waals surface area contributed by atoms with Crippen LogP contribution in [0.5, 0.6) is 11.6 Å². The van der Waals surface area contributed by atoms with Crippen molar-refractivity contribution in [2.24, 2.45) is 0 Å². The first kappa shape index (κ1) is 22.9. The Hall–Kier alpha value is -3.77. The van der Waals surface area contributed by atoms with Gasteiger partial charge in [-0.25, -0.2) is 12.8 Å². The van der Waals surface area contributed by atoms with Crippen LogP contribution in [0.25, 0.3) is 0 Å². The van der Waals surface area contributed by atoms with Crippen molar-refractivity contribution < 1.29 is 22.3 Å². The molecule has 32 heavy (non-hydrogen) atoms. The number of anilines is 1. The minimum absolute atomic E-state index is 0.0656. The van der Waals surface area contributed by atoms with Gasteiger partial charge in [0.05, 0.1) is 4.90 Å². The van der Waals surface area contributed by atoms with Gasteiger partial charge in [-0.2, -0.15) is 0 Å². The molecule has 7 nitrogen and oxygen atoms in total. The van der Waals surface area contributed by atoms with Crippen LogP contribution in [0.3, 0.4) is 0 Å². The molecule has 164 valence electrons. The number of benzene rings is 2. The topological polar surface area (TPSA) is 98.2 Å². The van der Waals surface area contributed by atoms with E-state index in [4.69, 9.17) is 4.74 Å². The van der Waals surface area contributed by atoms with Crippen LogP contribution < -0.4 is 10.1 Å². The summed E-state index contributed by atoms with van der Waals surface area (Å²) in [6.45, 7) is 4.94. The summed E-state index contributed by atoms with van der Waals surface area (Å²) >= 11 is 0. The van der Waals surface area contributed by atoms with Gasteiger partial charge < -0.3 is 10.1 Å². The molecule has 0 atom stereocenters. The molecule has 0 spiro atoms. The van der Waals surface area contributed by atoms with Crippen LogP contribution in [-0.2, 0) is 9.84 Å². The Balaban J connectivity index is 2.05. The van der Waals surface area contributed by atoms with Crippen molar-refractivity contribution in [1.82, 2.24) is 10.2 Å². The van der Waals surface area contributed by atoms with Crippen molar-refractivity contribution in [3.8, 4) is 23.5 Å². The third kappa shape index (κ3) is 5.10. The predicted molar refractivity (Wildman–Crippen MR) is 118 cm³/mol. The highest BCUT2D eigenvalue weighted by molar-refractivity contribution is 7.90. The van der Waals surface area contributed by atoms with Crippen LogP contribution in [0, 0.1) is 31.5 Å². The fourth-order valence-corrected chi connectivity index (χ4v) is 3.57. The third-order valence-corrected chi connectivity index (χ3v) is 5.63. The second-order valence-corrected chi connectivity index (χ2v) is 9.01. The molecule has 0 aliphatic heterocycles. The normalized spacial score (nSPS) is 10.8. The SMILES string of the molecule is CC#Cc1nnc(Oc2ccc(F)cc2C)c(C(=O)Nc2cccc(S(C)(=O)=O)c2)c1C. The number of ether oxygens (including phenoxy) is 1. The lowest BCUT2D eigenvalue weighted by molar-refractivity contribution is 0.102. The van der Waals surface area contributed by atoms with E-state index in [0.717, 1.165) is 6.26 Å². The van der Waals surface area contributed by atoms with E-state index < -0.39 is 21.6 Å². The zero-order valence-electron chi connectivity index (χ0n) is 17.9. The Morgan fingerprint density at radius 3 is 2.53 bits per heavy atom. The van der Waals surface area contributed by atoms with Crippen LogP contribution >= 0.6 is 0 Å². The number of amides is 1. The molecule has 3 rings (SSSR count). The number of aryl methyl sites for hydroxylation is 1. The van der Waals surface area contributed by atoms with Gasteiger partial charge in [-0.15, -0.1) is 10.2 Å². The molecule has 0 aliphatic carbocycles. The summed E-state index contributed by atoms with van der Waals surface area (Å²) in [7, 11) is -3.45. The molecule has 1 heterocycles. The number of carbonyl (C=O) groups excluding carboxylic acids is 1. The van der Waals surface area contributed by atoms with Gasteiger partial charge >= 0.3 is 0 Å². The molecule has 0 bridgehead atoms. The molecule has 9 heteroatoms. The Bertz CT molecular complexity index is 1380. The summed E-state index contributed by atoms with van der Waals surface area (Å²) in [6, 6.07) is 9.84. The van der Waals surface area contributed by atoms with Crippen molar-refractivity contribution in [1.29, 1.82) is 0 Å². The summed E-state index contributed by atoms with van der Waals surface area (Å²) in [5.41, 5.74) is 1.59. The van der Waals surface area contributed by atoms with Crippen molar-refractivity contribution >= 4 is 21.4 Å². The van der Waals surface area contributed by atoms with Crippen LogP contribution in [0.1, 0.15) is 34.1 Å². The molecule has 0 aliphatic rings. The van der Waals surface area contributed by atoms with Gasteiger partial charge in [0.25, 0.3) is 11.8 Å². The van der Waals surface area contributed by atoms with E-state index in [1.165, 1.54) is 36.4 Å². The summed E-state index contributed by atoms with van der Waals surface area (Å²) in [4.78, 5) is 13.3. The fourth-order valence-electron chi connectivity index (χ4n) is 2.90. The predicted octanol–water partition coefficient (Wildman–Crippen LogP) is 4.05. The van der Waals surface area contributed by atoms with Crippen LogP contribution in [0.15, 0.2) is 47.4 Å². The standard InChI is InChI=1S/C23H20FN3O4S/c1-5-7-19-15(3)21(22(28)25-17-8-6-9-18(13-17)32(4,29)30)23(27-26-19)31-20-11-10-16(24)12-14(20)2/h6,8-13H,1-4H3,(H,25,28).